The van der Waals surface area contributed by atoms with Gasteiger partial charge in [0.05, 0.1) is 33.8 Å². The number of pyridine rings is 1. The topological polar surface area (TPSA) is 116 Å². The minimum atomic E-state index is -1.99. The number of hydrogen-bond donors (Lipinski definition) is 3. The lowest BCUT2D eigenvalue weighted by atomic mass is 10.0. The Labute approximate surface area is 143 Å². The third-order valence-corrected chi connectivity index (χ3v) is 4.80. The molecular formula is C15H15N3O4S2. The Kier molecular flexibility index (Phi) is 4.86. The van der Waals surface area contributed by atoms with E-state index in [2.05, 4.69) is 15.2 Å². The van der Waals surface area contributed by atoms with E-state index in [1.807, 2.05) is 19.1 Å². The van der Waals surface area contributed by atoms with Crippen LogP contribution in [0.25, 0.3) is 22.2 Å². The molecule has 0 aliphatic heterocycles. The van der Waals surface area contributed by atoms with Gasteiger partial charge in [0.25, 0.3) is 0 Å². The summed E-state index contributed by atoms with van der Waals surface area (Å²) in [5, 5.41) is 7.65. The van der Waals surface area contributed by atoms with Crippen LogP contribution in [0.4, 0.5) is 0 Å². The Morgan fingerprint density at radius 1 is 1.12 bits per heavy atom. The zero-order chi connectivity index (χ0) is 17.3. The molecule has 2 heterocycles. The quantitative estimate of drug-likeness (QED) is 0.598. The molecule has 9 heteroatoms. The van der Waals surface area contributed by atoms with Crippen LogP contribution in [0.5, 0.6) is 0 Å². The van der Waals surface area contributed by atoms with Gasteiger partial charge in [-0.2, -0.15) is 5.10 Å². The van der Waals surface area contributed by atoms with Crippen molar-refractivity contribution in [2.24, 2.45) is 0 Å². The predicted molar refractivity (Wildman–Crippen MR) is 93.0 cm³/mol. The first-order chi connectivity index (χ1) is 11.5. The molecule has 1 aromatic carbocycles. The molecule has 3 N–H and O–H groups in total. The molecule has 0 saturated carbocycles. The van der Waals surface area contributed by atoms with Crippen LogP contribution in [-0.2, 0) is 33.7 Å². The summed E-state index contributed by atoms with van der Waals surface area (Å²) >= 11 is -3.89. The van der Waals surface area contributed by atoms with Crippen molar-refractivity contribution in [1.29, 1.82) is 0 Å². The zero-order valence-corrected chi connectivity index (χ0v) is 14.4. The van der Waals surface area contributed by atoms with Gasteiger partial charge in [0.2, 0.25) is 0 Å². The second-order valence-corrected chi connectivity index (χ2v) is 7.19. The summed E-state index contributed by atoms with van der Waals surface area (Å²) in [5.41, 5.74) is 4.35. The zero-order valence-electron chi connectivity index (χ0n) is 12.7. The molecule has 3 rings (SSSR count). The fourth-order valence-electron chi connectivity index (χ4n) is 2.61. The fraction of sp³-hybridized carbons (Fsp3) is 0.200. The molecule has 2 atom stereocenters. The first-order valence-electron chi connectivity index (χ1n) is 7.02. The standard InChI is InChI=1S/C15H15N3O4S2/c1-9-6-10(2-3-11(9)7-23(19)20)15-14-12(4-5-16-15)17-18-13(14)8-24(21)22/h2-6H,7-8H2,1H3,(H,17,18)(H,19,20)(H,21,22). The van der Waals surface area contributed by atoms with Crippen molar-refractivity contribution < 1.29 is 17.5 Å². The van der Waals surface area contributed by atoms with E-state index in [1.54, 1.807) is 18.3 Å². The van der Waals surface area contributed by atoms with Crippen molar-refractivity contribution in [3.8, 4) is 11.3 Å². The summed E-state index contributed by atoms with van der Waals surface area (Å²) in [5.74, 6) is 0.0138. The summed E-state index contributed by atoms with van der Waals surface area (Å²) in [7, 11) is 0. The molecular weight excluding hydrogens is 350 g/mol. The molecule has 0 spiro atoms. The minimum absolute atomic E-state index is 0.0598. The lowest BCUT2D eigenvalue weighted by Crippen LogP contribution is -1.98. The van der Waals surface area contributed by atoms with E-state index in [4.69, 9.17) is 9.11 Å². The number of nitrogens with one attached hydrogen (secondary N) is 1. The highest BCUT2D eigenvalue weighted by atomic mass is 32.2. The molecule has 0 aliphatic carbocycles. The van der Waals surface area contributed by atoms with Crippen LogP contribution in [0, 0.1) is 6.92 Å². The van der Waals surface area contributed by atoms with Crippen LogP contribution in [0.15, 0.2) is 30.5 Å². The fourth-order valence-corrected chi connectivity index (χ4v) is 3.66. The van der Waals surface area contributed by atoms with Crippen molar-refractivity contribution in [2.75, 3.05) is 0 Å². The Hall–Kier alpha value is -1.94. The Balaban J connectivity index is 2.12. The summed E-state index contributed by atoms with van der Waals surface area (Å²) in [6.45, 7) is 1.87. The molecule has 0 radical (unpaired) electrons. The van der Waals surface area contributed by atoms with E-state index < -0.39 is 22.2 Å². The molecule has 24 heavy (non-hydrogen) atoms. The molecule has 0 amide bonds. The molecule has 7 nitrogen and oxygen atoms in total. The van der Waals surface area contributed by atoms with E-state index >= 15 is 0 Å². The van der Waals surface area contributed by atoms with Gasteiger partial charge in [-0.15, -0.1) is 0 Å². The van der Waals surface area contributed by atoms with Gasteiger partial charge in [-0.05, 0) is 30.2 Å². The normalized spacial score (nSPS) is 14.0. The van der Waals surface area contributed by atoms with Gasteiger partial charge in [-0.25, -0.2) is 8.42 Å². The number of aromatic amines is 1. The van der Waals surface area contributed by atoms with Crippen molar-refractivity contribution >= 4 is 33.1 Å². The van der Waals surface area contributed by atoms with Gasteiger partial charge in [0.1, 0.15) is 0 Å². The van der Waals surface area contributed by atoms with Gasteiger partial charge in [-0.1, -0.05) is 12.1 Å². The molecule has 0 fully saturated rings. The van der Waals surface area contributed by atoms with Crippen molar-refractivity contribution in [2.45, 2.75) is 18.4 Å². The molecule has 0 saturated heterocycles. The Bertz CT molecular complexity index is 955. The average molecular weight is 365 g/mol. The SMILES string of the molecule is Cc1cc(-c2nccc3n[nH]c(CS(=O)O)c23)ccc1CS(=O)O. The predicted octanol–water partition coefficient (Wildman–Crippen LogP) is 2.38. The highest BCUT2D eigenvalue weighted by Crippen LogP contribution is 2.30. The maximum Gasteiger partial charge on any atom is 0.158 e. The van der Waals surface area contributed by atoms with Crippen LogP contribution in [0.1, 0.15) is 16.8 Å². The van der Waals surface area contributed by atoms with Crippen molar-refractivity contribution in [1.82, 2.24) is 15.2 Å². The van der Waals surface area contributed by atoms with Gasteiger partial charge in [-0.3, -0.25) is 10.1 Å². The third-order valence-electron chi connectivity index (χ3n) is 3.70. The van der Waals surface area contributed by atoms with E-state index in [0.717, 1.165) is 16.7 Å². The summed E-state index contributed by atoms with van der Waals surface area (Å²) in [4.78, 5) is 4.40. The molecule has 126 valence electrons. The first kappa shape index (κ1) is 16.9. The van der Waals surface area contributed by atoms with E-state index in [0.29, 0.717) is 22.3 Å². The third kappa shape index (κ3) is 3.44. The van der Waals surface area contributed by atoms with Gasteiger partial charge < -0.3 is 9.11 Å². The smallest absolute Gasteiger partial charge is 0.158 e. The maximum atomic E-state index is 11.2. The first-order valence-corrected chi connectivity index (χ1v) is 9.57. The molecule has 3 aromatic rings. The number of fused-ring (bicyclic) bond motifs is 1. The monoisotopic (exact) mass is 365 g/mol. The van der Waals surface area contributed by atoms with Crippen LogP contribution >= 0.6 is 0 Å². The van der Waals surface area contributed by atoms with Crippen LogP contribution in [0.3, 0.4) is 0 Å². The maximum absolute atomic E-state index is 11.2. The van der Waals surface area contributed by atoms with Crippen LogP contribution < -0.4 is 0 Å². The van der Waals surface area contributed by atoms with E-state index in [-0.39, 0.29) is 11.5 Å². The molecule has 2 aromatic heterocycles. The number of aromatic nitrogens is 3. The lowest BCUT2D eigenvalue weighted by molar-refractivity contribution is 0.561. The summed E-state index contributed by atoms with van der Waals surface area (Å²) in [6, 6.07) is 7.23. The second kappa shape index (κ2) is 6.89. The molecule has 0 bridgehead atoms. The largest absolute Gasteiger partial charge is 0.306 e. The molecule has 0 aliphatic rings. The van der Waals surface area contributed by atoms with Crippen LogP contribution in [0.2, 0.25) is 0 Å². The second-order valence-electron chi connectivity index (χ2n) is 5.33. The Morgan fingerprint density at radius 2 is 1.88 bits per heavy atom. The van der Waals surface area contributed by atoms with Crippen molar-refractivity contribution in [3.05, 3.63) is 47.3 Å². The number of nitrogens with zero attached hydrogens (tertiary/aromatic N) is 2. The Morgan fingerprint density at radius 3 is 2.54 bits per heavy atom. The minimum Gasteiger partial charge on any atom is -0.306 e. The summed E-state index contributed by atoms with van der Waals surface area (Å²) < 4.78 is 40.4. The van der Waals surface area contributed by atoms with E-state index in [9.17, 15) is 8.42 Å². The number of hydrogen-bond acceptors (Lipinski definition) is 4. The number of aryl methyl sites for hydroxylation is 1. The number of rotatable bonds is 5. The average Bonchev–Trinajstić information content (AvgIpc) is 2.91. The van der Waals surface area contributed by atoms with Crippen LogP contribution in [-0.4, -0.2) is 32.7 Å². The number of H-pyrrole nitrogens is 1. The highest BCUT2D eigenvalue weighted by Gasteiger charge is 2.15. The van der Waals surface area contributed by atoms with Crippen molar-refractivity contribution in [3.63, 3.8) is 0 Å². The highest BCUT2D eigenvalue weighted by molar-refractivity contribution is 7.78. The van der Waals surface area contributed by atoms with Gasteiger partial charge >= 0.3 is 0 Å². The molecule has 2 unspecified atom stereocenters. The van der Waals surface area contributed by atoms with Gasteiger partial charge in [0.15, 0.2) is 22.2 Å². The lowest BCUT2D eigenvalue weighted by Gasteiger charge is -2.08. The number of benzene rings is 1. The van der Waals surface area contributed by atoms with E-state index in [1.165, 1.54) is 0 Å². The van der Waals surface area contributed by atoms with Gasteiger partial charge in [0, 0.05) is 11.8 Å². The summed E-state index contributed by atoms with van der Waals surface area (Å²) in [6.07, 6.45) is 1.63.